The molecule has 0 N–H and O–H groups in total. The van der Waals surface area contributed by atoms with Crippen molar-refractivity contribution in [2.75, 3.05) is 39.9 Å². The lowest BCUT2D eigenvalue weighted by Crippen LogP contribution is -2.62. The lowest BCUT2D eigenvalue weighted by molar-refractivity contribution is 0.00916. The minimum Gasteiger partial charge on any atom is -0.379 e. The van der Waals surface area contributed by atoms with Gasteiger partial charge in [0.15, 0.2) is 0 Å². The molecule has 2 aliphatic rings. The van der Waals surface area contributed by atoms with Gasteiger partial charge < -0.3 is 9.64 Å². The third-order valence-electron chi connectivity index (χ3n) is 4.93. The first-order valence-corrected chi connectivity index (χ1v) is 7.97. The standard InChI is InChI=1S/C16H24N4O2/c1-4-14-13(9-12(2)17-18-14)15(21)20-7-6-19(3)16(10-20)5-8-22-11-16/h9H,4-8,10-11H2,1-3H3. The molecule has 3 rings (SSSR count). The van der Waals surface area contributed by atoms with E-state index in [9.17, 15) is 4.79 Å². The monoisotopic (exact) mass is 304 g/mol. The highest BCUT2D eigenvalue weighted by molar-refractivity contribution is 5.95. The average molecular weight is 304 g/mol. The maximum absolute atomic E-state index is 13.0. The number of hydrogen-bond acceptors (Lipinski definition) is 5. The topological polar surface area (TPSA) is 58.6 Å². The van der Waals surface area contributed by atoms with E-state index >= 15 is 0 Å². The Morgan fingerprint density at radius 1 is 1.41 bits per heavy atom. The zero-order chi connectivity index (χ0) is 15.7. The number of ether oxygens (including phenoxy) is 1. The Morgan fingerprint density at radius 2 is 2.23 bits per heavy atom. The van der Waals surface area contributed by atoms with E-state index in [2.05, 4.69) is 22.1 Å². The highest BCUT2D eigenvalue weighted by Gasteiger charge is 2.44. The third kappa shape index (κ3) is 2.61. The van der Waals surface area contributed by atoms with Crippen molar-refractivity contribution in [1.29, 1.82) is 0 Å². The molecule has 0 radical (unpaired) electrons. The molecule has 1 aromatic rings. The number of hydrogen-bond donors (Lipinski definition) is 0. The number of aryl methyl sites for hydroxylation is 2. The summed E-state index contributed by atoms with van der Waals surface area (Å²) in [6.07, 6.45) is 1.71. The minimum absolute atomic E-state index is 0.0181. The number of carbonyl (C=O) groups is 1. The van der Waals surface area contributed by atoms with Gasteiger partial charge >= 0.3 is 0 Å². The van der Waals surface area contributed by atoms with Gasteiger partial charge in [0.2, 0.25) is 0 Å². The van der Waals surface area contributed by atoms with Gasteiger partial charge in [-0.05, 0) is 32.9 Å². The Hall–Kier alpha value is -1.53. The van der Waals surface area contributed by atoms with Crippen molar-refractivity contribution in [1.82, 2.24) is 20.0 Å². The van der Waals surface area contributed by atoms with Crippen molar-refractivity contribution in [3.05, 3.63) is 23.0 Å². The summed E-state index contributed by atoms with van der Waals surface area (Å²) < 4.78 is 5.60. The van der Waals surface area contributed by atoms with E-state index < -0.39 is 0 Å². The largest absolute Gasteiger partial charge is 0.379 e. The Bertz CT molecular complexity index is 569. The van der Waals surface area contributed by atoms with Gasteiger partial charge in [0.25, 0.3) is 5.91 Å². The van der Waals surface area contributed by atoms with Crippen LogP contribution in [0, 0.1) is 6.92 Å². The molecule has 0 aliphatic carbocycles. The molecule has 2 fully saturated rings. The number of carbonyl (C=O) groups excluding carboxylic acids is 1. The Kier molecular flexibility index (Phi) is 4.14. The predicted octanol–water partition coefficient (Wildman–Crippen LogP) is 0.894. The van der Waals surface area contributed by atoms with E-state index in [0.717, 1.165) is 50.5 Å². The summed E-state index contributed by atoms with van der Waals surface area (Å²) in [6.45, 7) is 7.73. The van der Waals surface area contributed by atoms with Crippen LogP contribution in [0.2, 0.25) is 0 Å². The highest BCUT2D eigenvalue weighted by Crippen LogP contribution is 2.30. The first kappa shape index (κ1) is 15.4. The molecule has 6 heteroatoms. The lowest BCUT2D eigenvalue weighted by atomic mass is 9.93. The first-order valence-electron chi connectivity index (χ1n) is 7.97. The molecule has 6 nitrogen and oxygen atoms in total. The molecule has 2 saturated heterocycles. The molecule has 3 heterocycles. The Labute approximate surface area is 131 Å². The predicted molar refractivity (Wildman–Crippen MR) is 82.8 cm³/mol. The van der Waals surface area contributed by atoms with E-state index in [1.165, 1.54) is 0 Å². The van der Waals surface area contributed by atoms with Crippen LogP contribution in [-0.2, 0) is 11.2 Å². The molecule has 1 aromatic heterocycles. The van der Waals surface area contributed by atoms with E-state index in [1.807, 2.05) is 24.8 Å². The minimum atomic E-state index is -0.0181. The summed E-state index contributed by atoms with van der Waals surface area (Å²) in [4.78, 5) is 17.3. The quantitative estimate of drug-likeness (QED) is 0.812. The summed E-state index contributed by atoms with van der Waals surface area (Å²) in [5, 5.41) is 8.26. The van der Waals surface area contributed by atoms with Crippen molar-refractivity contribution < 1.29 is 9.53 Å². The molecular formula is C16H24N4O2. The van der Waals surface area contributed by atoms with Crippen LogP contribution in [0.15, 0.2) is 6.07 Å². The van der Waals surface area contributed by atoms with Gasteiger partial charge in [-0.15, -0.1) is 0 Å². The maximum Gasteiger partial charge on any atom is 0.255 e. The van der Waals surface area contributed by atoms with Crippen molar-refractivity contribution in [2.24, 2.45) is 0 Å². The lowest BCUT2D eigenvalue weighted by Gasteiger charge is -2.46. The summed E-state index contributed by atoms with van der Waals surface area (Å²) in [5.41, 5.74) is 2.25. The van der Waals surface area contributed by atoms with Crippen LogP contribution in [0.4, 0.5) is 0 Å². The number of aromatic nitrogens is 2. The molecule has 1 spiro atoms. The Balaban J connectivity index is 1.85. The van der Waals surface area contributed by atoms with Crippen LogP contribution in [0.1, 0.15) is 35.1 Å². The van der Waals surface area contributed by atoms with Gasteiger partial charge in [-0.2, -0.15) is 10.2 Å². The van der Waals surface area contributed by atoms with Crippen LogP contribution in [-0.4, -0.2) is 71.3 Å². The van der Waals surface area contributed by atoms with E-state index in [4.69, 9.17) is 4.74 Å². The van der Waals surface area contributed by atoms with Crippen molar-refractivity contribution in [3.63, 3.8) is 0 Å². The van der Waals surface area contributed by atoms with Crippen molar-refractivity contribution in [2.45, 2.75) is 32.2 Å². The van der Waals surface area contributed by atoms with E-state index in [-0.39, 0.29) is 11.4 Å². The SMILES string of the molecule is CCc1nnc(C)cc1C(=O)N1CCN(C)C2(CCOC2)C1. The molecule has 1 amide bonds. The number of amides is 1. The molecule has 0 bridgehead atoms. The number of nitrogens with zero attached hydrogens (tertiary/aromatic N) is 4. The second kappa shape index (κ2) is 5.93. The van der Waals surface area contributed by atoms with Gasteiger partial charge in [0.1, 0.15) is 0 Å². The van der Waals surface area contributed by atoms with Gasteiger partial charge in [-0.3, -0.25) is 9.69 Å². The van der Waals surface area contributed by atoms with Crippen LogP contribution in [0.25, 0.3) is 0 Å². The van der Waals surface area contributed by atoms with Crippen LogP contribution in [0.5, 0.6) is 0 Å². The van der Waals surface area contributed by atoms with Gasteiger partial charge in [-0.25, -0.2) is 0 Å². The van der Waals surface area contributed by atoms with Crippen LogP contribution < -0.4 is 0 Å². The van der Waals surface area contributed by atoms with E-state index in [1.54, 1.807) is 0 Å². The van der Waals surface area contributed by atoms with Crippen LogP contribution in [0.3, 0.4) is 0 Å². The fourth-order valence-electron chi connectivity index (χ4n) is 3.39. The number of piperazine rings is 1. The van der Waals surface area contributed by atoms with Gasteiger partial charge in [-0.1, -0.05) is 6.92 Å². The Morgan fingerprint density at radius 3 is 2.91 bits per heavy atom. The summed E-state index contributed by atoms with van der Waals surface area (Å²) in [6, 6.07) is 1.87. The highest BCUT2D eigenvalue weighted by atomic mass is 16.5. The maximum atomic E-state index is 13.0. The van der Waals surface area contributed by atoms with E-state index in [0.29, 0.717) is 12.2 Å². The summed E-state index contributed by atoms with van der Waals surface area (Å²) in [5.74, 6) is 0.0780. The second-order valence-electron chi connectivity index (χ2n) is 6.37. The second-order valence-corrected chi connectivity index (χ2v) is 6.37. The molecule has 22 heavy (non-hydrogen) atoms. The van der Waals surface area contributed by atoms with Crippen molar-refractivity contribution >= 4 is 5.91 Å². The number of rotatable bonds is 2. The smallest absolute Gasteiger partial charge is 0.255 e. The fourth-order valence-corrected chi connectivity index (χ4v) is 3.39. The van der Waals surface area contributed by atoms with Gasteiger partial charge in [0, 0.05) is 26.2 Å². The summed E-state index contributed by atoms with van der Waals surface area (Å²) >= 11 is 0. The molecule has 120 valence electrons. The zero-order valence-electron chi connectivity index (χ0n) is 13.6. The molecule has 2 aliphatic heterocycles. The normalized spacial score (nSPS) is 25.9. The number of likely N-dealkylation sites (N-methyl/N-ethyl adjacent to an activating group) is 1. The first-order chi connectivity index (χ1) is 10.6. The van der Waals surface area contributed by atoms with Crippen molar-refractivity contribution in [3.8, 4) is 0 Å². The third-order valence-corrected chi connectivity index (χ3v) is 4.93. The molecule has 1 unspecified atom stereocenters. The zero-order valence-corrected chi connectivity index (χ0v) is 13.6. The van der Waals surface area contributed by atoms with Crippen LogP contribution >= 0.6 is 0 Å². The average Bonchev–Trinajstić information content (AvgIpc) is 2.99. The fraction of sp³-hybridized carbons (Fsp3) is 0.688. The molecular weight excluding hydrogens is 280 g/mol. The molecule has 0 saturated carbocycles. The van der Waals surface area contributed by atoms with Gasteiger partial charge in [0.05, 0.1) is 29.1 Å². The molecule has 1 atom stereocenters. The summed E-state index contributed by atoms with van der Waals surface area (Å²) in [7, 11) is 2.13. The molecule has 0 aromatic carbocycles.